The average Bonchev–Trinajstić information content (AvgIpc) is 2.57. The fraction of sp³-hybridized carbons (Fsp3) is 0.0526. The maximum Gasteiger partial charge on any atom is 0.261 e. The summed E-state index contributed by atoms with van der Waals surface area (Å²) in [6, 6.07) is 19.4. The number of halogens is 1. The van der Waals surface area contributed by atoms with Gasteiger partial charge in [-0.2, -0.15) is 0 Å². The van der Waals surface area contributed by atoms with Crippen molar-refractivity contribution in [2.45, 2.75) is 6.54 Å². The van der Waals surface area contributed by atoms with Crippen LogP contribution < -0.4 is 5.56 Å². The van der Waals surface area contributed by atoms with Crippen molar-refractivity contribution in [3.63, 3.8) is 0 Å². The molecule has 0 aliphatic heterocycles. The topological polar surface area (TPSA) is 34.9 Å². The third kappa shape index (κ3) is 2.49. The molecule has 1 aromatic heterocycles. The third-order valence-electron chi connectivity index (χ3n) is 4.01. The number of hydrogen-bond donors (Lipinski definition) is 0. The van der Waals surface area contributed by atoms with Crippen molar-refractivity contribution in [3.05, 3.63) is 87.9 Å². The van der Waals surface area contributed by atoms with Gasteiger partial charge in [0.15, 0.2) is 0 Å². The van der Waals surface area contributed by atoms with Gasteiger partial charge in [-0.1, -0.05) is 54.1 Å². The predicted octanol–water partition coefficient (Wildman–Crippen LogP) is 4.25. The van der Waals surface area contributed by atoms with Crippen molar-refractivity contribution >= 4 is 33.3 Å². The molecule has 0 spiro atoms. The molecule has 112 valence electrons. The lowest BCUT2D eigenvalue weighted by atomic mass is 10.0. The van der Waals surface area contributed by atoms with Gasteiger partial charge in [0.2, 0.25) is 0 Å². The molecule has 23 heavy (non-hydrogen) atoms. The lowest BCUT2D eigenvalue weighted by Gasteiger charge is -2.09. The number of rotatable bonds is 2. The summed E-state index contributed by atoms with van der Waals surface area (Å²) in [5.41, 5.74) is 1.66. The minimum atomic E-state index is -0.0559. The molecule has 4 heteroatoms. The van der Waals surface area contributed by atoms with Crippen LogP contribution in [0.15, 0.2) is 71.8 Å². The Bertz CT molecular complexity index is 1080. The molecule has 0 saturated heterocycles. The largest absolute Gasteiger partial charge is 0.294 e. The van der Waals surface area contributed by atoms with Crippen LogP contribution in [0.25, 0.3) is 21.7 Å². The van der Waals surface area contributed by atoms with Gasteiger partial charge in [-0.15, -0.1) is 0 Å². The lowest BCUT2D eigenvalue weighted by molar-refractivity contribution is 0.752. The molecule has 0 amide bonds. The smallest absolute Gasteiger partial charge is 0.261 e. The first-order valence-corrected chi connectivity index (χ1v) is 7.71. The van der Waals surface area contributed by atoms with Gasteiger partial charge in [-0.3, -0.25) is 9.36 Å². The first kappa shape index (κ1) is 14.0. The molecule has 0 atom stereocenters. The number of benzene rings is 3. The maximum atomic E-state index is 12.7. The van der Waals surface area contributed by atoms with Crippen LogP contribution in [0.1, 0.15) is 5.56 Å². The average molecular weight is 321 g/mol. The molecule has 0 aliphatic carbocycles. The van der Waals surface area contributed by atoms with Crippen LogP contribution in [0.2, 0.25) is 5.02 Å². The Kier molecular flexibility index (Phi) is 3.36. The van der Waals surface area contributed by atoms with Crippen LogP contribution in [0.3, 0.4) is 0 Å². The molecule has 0 radical (unpaired) electrons. The van der Waals surface area contributed by atoms with Gasteiger partial charge in [0, 0.05) is 5.02 Å². The van der Waals surface area contributed by atoms with E-state index < -0.39 is 0 Å². The normalized spacial score (nSPS) is 11.2. The monoisotopic (exact) mass is 320 g/mol. The number of nitrogens with zero attached hydrogens (tertiary/aromatic N) is 2. The second-order valence-electron chi connectivity index (χ2n) is 5.48. The van der Waals surface area contributed by atoms with Gasteiger partial charge >= 0.3 is 0 Å². The van der Waals surface area contributed by atoms with Gasteiger partial charge in [-0.25, -0.2) is 4.98 Å². The molecular weight excluding hydrogens is 308 g/mol. The van der Waals surface area contributed by atoms with Crippen molar-refractivity contribution in [2.75, 3.05) is 0 Å². The molecule has 0 aliphatic rings. The Labute approximate surface area is 137 Å². The van der Waals surface area contributed by atoms with E-state index in [1.807, 2.05) is 24.3 Å². The lowest BCUT2D eigenvalue weighted by Crippen LogP contribution is -2.21. The summed E-state index contributed by atoms with van der Waals surface area (Å²) in [7, 11) is 0. The first-order valence-electron chi connectivity index (χ1n) is 7.34. The van der Waals surface area contributed by atoms with Crippen molar-refractivity contribution < 1.29 is 0 Å². The number of hydrogen-bond acceptors (Lipinski definition) is 2. The predicted molar refractivity (Wildman–Crippen MR) is 94.1 cm³/mol. The third-order valence-corrected chi connectivity index (χ3v) is 4.24. The van der Waals surface area contributed by atoms with Crippen LogP contribution >= 0.6 is 11.6 Å². The van der Waals surface area contributed by atoms with Gasteiger partial charge < -0.3 is 0 Å². The summed E-state index contributed by atoms with van der Waals surface area (Å²) in [6.45, 7) is 0.492. The molecule has 4 aromatic rings. The summed E-state index contributed by atoms with van der Waals surface area (Å²) in [5, 5.41) is 3.48. The second-order valence-corrected chi connectivity index (χ2v) is 5.91. The van der Waals surface area contributed by atoms with Crippen LogP contribution in [0.5, 0.6) is 0 Å². The van der Waals surface area contributed by atoms with E-state index in [-0.39, 0.29) is 5.56 Å². The quantitative estimate of drug-likeness (QED) is 0.553. The highest BCUT2D eigenvalue weighted by Crippen LogP contribution is 2.19. The van der Waals surface area contributed by atoms with E-state index in [9.17, 15) is 4.79 Å². The molecule has 0 bridgehead atoms. The van der Waals surface area contributed by atoms with E-state index in [1.165, 1.54) is 5.39 Å². The SMILES string of the molecule is O=c1c2ccc(Cl)cc2ncn1Cc1cccc2ccccc12. The molecule has 0 unspecified atom stereocenters. The summed E-state index contributed by atoms with van der Waals surface area (Å²) < 4.78 is 1.64. The van der Waals surface area contributed by atoms with E-state index in [0.717, 1.165) is 10.9 Å². The van der Waals surface area contributed by atoms with Crippen molar-refractivity contribution in [1.29, 1.82) is 0 Å². The highest BCUT2D eigenvalue weighted by atomic mass is 35.5. The minimum absolute atomic E-state index is 0.0559. The molecule has 0 N–H and O–H groups in total. The maximum absolute atomic E-state index is 12.7. The highest BCUT2D eigenvalue weighted by molar-refractivity contribution is 6.31. The Morgan fingerprint density at radius 2 is 1.78 bits per heavy atom. The molecule has 1 heterocycles. The molecule has 4 rings (SSSR count). The first-order chi connectivity index (χ1) is 11.2. The standard InChI is InChI=1S/C19H13ClN2O/c20-15-8-9-17-18(10-15)21-12-22(19(17)23)11-14-6-3-5-13-4-1-2-7-16(13)14/h1-10,12H,11H2. The van der Waals surface area contributed by atoms with Crippen molar-refractivity contribution in [3.8, 4) is 0 Å². The Hall–Kier alpha value is -2.65. The summed E-state index contributed by atoms with van der Waals surface area (Å²) in [5.74, 6) is 0. The summed E-state index contributed by atoms with van der Waals surface area (Å²) >= 11 is 5.96. The van der Waals surface area contributed by atoms with Crippen LogP contribution in [0.4, 0.5) is 0 Å². The van der Waals surface area contributed by atoms with Crippen LogP contribution in [0, 0.1) is 0 Å². The van der Waals surface area contributed by atoms with Crippen molar-refractivity contribution in [1.82, 2.24) is 9.55 Å². The zero-order valence-corrected chi connectivity index (χ0v) is 13.0. The summed E-state index contributed by atoms with van der Waals surface area (Å²) in [6.07, 6.45) is 1.59. The molecule has 3 aromatic carbocycles. The Morgan fingerprint density at radius 1 is 0.957 bits per heavy atom. The van der Waals surface area contributed by atoms with E-state index >= 15 is 0 Å². The Balaban J connectivity index is 1.85. The van der Waals surface area contributed by atoms with E-state index in [4.69, 9.17) is 11.6 Å². The molecule has 3 nitrogen and oxygen atoms in total. The Morgan fingerprint density at radius 3 is 2.70 bits per heavy atom. The molecular formula is C19H13ClN2O. The van der Waals surface area contributed by atoms with Crippen molar-refractivity contribution in [2.24, 2.45) is 0 Å². The second kappa shape index (κ2) is 5.52. The van der Waals surface area contributed by atoms with Gasteiger partial charge in [-0.05, 0) is 34.5 Å². The van der Waals surface area contributed by atoms with Gasteiger partial charge in [0.05, 0.1) is 23.8 Å². The highest BCUT2D eigenvalue weighted by Gasteiger charge is 2.07. The fourth-order valence-corrected chi connectivity index (χ4v) is 3.02. The van der Waals surface area contributed by atoms with Gasteiger partial charge in [0.25, 0.3) is 5.56 Å². The van der Waals surface area contributed by atoms with E-state index in [0.29, 0.717) is 22.5 Å². The zero-order valence-electron chi connectivity index (χ0n) is 12.2. The van der Waals surface area contributed by atoms with E-state index in [2.05, 4.69) is 23.2 Å². The molecule has 0 fully saturated rings. The van der Waals surface area contributed by atoms with E-state index in [1.54, 1.807) is 29.1 Å². The zero-order chi connectivity index (χ0) is 15.8. The number of fused-ring (bicyclic) bond motifs is 2. The summed E-state index contributed by atoms with van der Waals surface area (Å²) in [4.78, 5) is 17.0. The molecule has 0 saturated carbocycles. The van der Waals surface area contributed by atoms with Crippen LogP contribution in [-0.2, 0) is 6.54 Å². The van der Waals surface area contributed by atoms with Crippen LogP contribution in [-0.4, -0.2) is 9.55 Å². The fourth-order valence-electron chi connectivity index (χ4n) is 2.86. The van der Waals surface area contributed by atoms with Gasteiger partial charge in [0.1, 0.15) is 0 Å². The minimum Gasteiger partial charge on any atom is -0.294 e. The number of aromatic nitrogens is 2.